The first-order chi connectivity index (χ1) is 5.65. The first kappa shape index (κ1) is 9.16. The predicted octanol–water partition coefficient (Wildman–Crippen LogP) is 2.09. The van der Waals surface area contributed by atoms with Gasteiger partial charge in [0.1, 0.15) is 0 Å². The van der Waals surface area contributed by atoms with Gasteiger partial charge < -0.3 is 10.9 Å². The topological polar surface area (TPSA) is 58.6 Å². The van der Waals surface area contributed by atoms with Crippen LogP contribution in [0.15, 0.2) is 23.4 Å². The summed E-state index contributed by atoms with van der Waals surface area (Å²) < 4.78 is 0. The number of benzene rings is 1. The molecule has 0 bridgehead atoms. The van der Waals surface area contributed by atoms with E-state index in [0.29, 0.717) is 15.6 Å². The molecule has 1 rings (SSSR count). The van der Waals surface area contributed by atoms with Crippen LogP contribution in [0.5, 0.6) is 0 Å². The minimum Gasteiger partial charge on any atom is -0.409 e. The lowest BCUT2D eigenvalue weighted by Gasteiger charge is -1.99. The fourth-order valence-corrected chi connectivity index (χ4v) is 1.01. The Hall–Kier alpha value is -0.930. The molecule has 1 aromatic carbocycles. The van der Waals surface area contributed by atoms with Crippen LogP contribution in [0.2, 0.25) is 10.0 Å². The van der Waals surface area contributed by atoms with Crippen LogP contribution in [-0.2, 0) is 0 Å². The quantitative estimate of drug-likeness (QED) is 0.319. The van der Waals surface area contributed by atoms with E-state index in [1.807, 2.05) is 0 Å². The molecule has 0 fully saturated rings. The summed E-state index contributed by atoms with van der Waals surface area (Å²) >= 11 is 11.3. The van der Waals surface area contributed by atoms with Crippen molar-refractivity contribution >= 4 is 29.0 Å². The molecule has 0 aliphatic carbocycles. The van der Waals surface area contributed by atoms with Gasteiger partial charge in [-0.3, -0.25) is 0 Å². The molecule has 0 aliphatic rings. The molecule has 1 aromatic rings. The first-order valence-corrected chi connectivity index (χ1v) is 3.83. The lowest BCUT2D eigenvalue weighted by molar-refractivity contribution is 0.318. The lowest BCUT2D eigenvalue weighted by atomic mass is 10.2. The van der Waals surface area contributed by atoms with Gasteiger partial charge in [0, 0.05) is 5.56 Å². The van der Waals surface area contributed by atoms with Crippen LogP contribution in [0.1, 0.15) is 5.56 Å². The smallest absolute Gasteiger partial charge is 0.170 e. The zero-order chi connectivity index (χ0) is 9.14. The highest BCUT2D eigenvalue weighted by atomic mass is 35.5. The van der Waals surface area contributed by atoms with Gasteiger partial charge in [-0.25, -0.2) is 0 Å². The molecule has 0 unspecified atom stereocenters. The lowest BCUT2D eigenvalue weighted by Crippen LogP contribution is -2.12. The normalized spacial score (nSPS) is 11.7. The Morgan fingerprint density at radius 3 is 2.50 bits per heavy atom. The average Bonchev–Trinajstić information content (AvgIpc) is 2.08. The van der Waals surface area contributed by atoms with Gasteiger partial charge in [-0.2, -0.15) is 0 Å². The Morgan fingerprint density at radius 2 is 2.00 bits per heavy atom. The molecule has 12 heavy (non-hydrogen) atoms. The Balaban J connectivity index is 3.13. The SMILES string of the molecule is N/C(=N\O)c1ccc(Cl)c(Cl)c1. The van der Waals surface area contributed by atoms with Crippen molar-refractivity contribution in [2.24, 2.45) is 10.9 Å². The van der Waals surface area contributed by atoms with E-state index in [4.69, 9.17) is 34.1 Å². The molecule has 0 saturated carbocycles. The second-order valence-corrected chi connectivity index (χ2v) is 2.93. The van der Waals surface area contributed by atoms with Crippen LogP contribution in [0.4, 0.5) is 0 Å². The van der Waals surface area contributed by atoms with Gasteiger partial charge in [-0.15, -0.1) is 0 Å². The number of halogens is 2. The molecule has 0 atom stereocenters. The Kier molecular flexibility index (Phi) is 2.78. The van der Waals surface area contributed by atoms with Crippen LogP contribution in [0, 0.1) is 0 Å². The van der Waals surface area contributed by atoms with Crippen LogP contribution >= 0.6 is 23.2 Å². The highest BCUT2D eigenvalue weighted by molar-refractivity contribution is 6.42. The van der Waals surface area contributed by atoms with Gasteiger partial charge in [0.2, 0.25) is 0 Å². The molecule has 3 nitrogen and oxygen atoms in total. The van der Waals surface area contributed by atoms with Gasteiger partial charge in [-0.1, -0.05) is 28.4 Å². The zero-order valence-electron chi connectivity index (χ0n) is 5.96. The summed E-state index contributed by atoms with van der Waals surface area (Å²) in [5.41, 5.74) is 5.85. The Bertz CT molecular complexity index is 325. The third kappa shape index (κ3) is 1.81. The molecular formula is C7H6Cl2N2O. The number of nitrogens with zero attached hydrogens (tertiary/aromatic N) is 1. The molecule has 0 aromatic heterocycles. The molecule has 3 N–H and O–H groups in total. The third-order valence-electron chi connectivity index (χ3n) is 1.32. The number of rotatable bonds is 1. The molecule has 0 amide bonds. The fourth-order valence-electron chi connectivity index (χ4n) is 0.713. The van der Waals surface area contributed by atoms with Crippen molar-refractivity contribution in [3.63, 3.8) is 0 Å². The van der Waals surface area contributed by atoms with Crippen molar-refractivity contribution in [1.29, 1.82) is 0 Å². The maximum atomic E-state index is 8.34. The third-order valence-corrected chi connectivity index (χ3v) is 2.06. The molecule has 0 spiro atoms. The summed E-state index contributed by atoms with van der Waals surface area (Å²) in [7, 11) is 0. The largest absolute Gasteiger partial charge is 0.409 e. The van der Waals surface area contributed by atoms with Crippen LogP contribution in [0.3, 0.4) is 0 Å². The molecule has 0 aliphatic heterocycles. The van der Waals surface area contributed by atoms with Crippen LogP contribution < -0.4 is 5.73 Å². The summed E-state index contributed by atoms with van der Waals surface area (Å²) in [6.45, 7) is 0. The maximum Gasteiger partial charge on any atom is 0.170 e. The van der Waals surface area contributed by atoms with Crippen molar-refractivity contribution in [2.45, 2.75) is 0 Å². The van der Waals surface area contributed by atoms with Gasteiger partial charge in [0.15, 0.2) is 5.84 Å². The highest BCUT2D eigenvalue weighted by Gasteiger charge is 2.02. The number of oxime groups is 1. The Morgan fingerprint density at radius 1 is 1.33 bits per heavy atom. The first-order valence-electron chi connectivity index (χ1n) is 3.08. The molecular weight excluding hydrogens is 199 g/mol. The zero-order valence-corrected chi connectivity index (χ0v) is 7.47. The molecule has 0 radical (unpaired) electrons. The van der Waals surface area contributed by atoms with Crippen molar-refractivity contribution in [3.05, 3.63) is 33.8 Å². The van der Waals surface area contributed by atoms with Gasteiger partial charge in [0.25, 0.3) is 0 Å². The second kappa shape index (κ2) is 3.65. The Labute approximate surface area is 79.4 Å². The van der Waals surface area contributed by atoms with Crippen LogP contribution in [0.25, 0.3) is 0 Å². The van der Waals surface area contributed by atoms with E-state index in [0.717, 1.165) is 0 Å². The van der Waals surface area contributed by atoms with E-state index in [1.54, 1.807) is 12.1 Å². The molecule has 64 valence electrons. The molecule has 5 heteroatoms. The van der Waals surface area contributed by atoms with Crippen LogP contribution in [-0.4, -0.2) is 11.0 Å². The summed E-state index contributed by atoms with van der Waals surface area (Å²) in [5.74, 6) is 0.00793. The van der Waals surface area contributed by atoms with E-state index in [-0.39, 0.29) is 5.84 Å². The highest BCUT2D eigenvalue weighted by Crippen LogP contribution is 2.22. The van der Waals surface area contributed by atoms with E-state index < -0.39 is 0 Å². The number of hydrogen-bond donors (Lipinski definition) is 2. The van der Waals surface area contributed by atoms with E-state index in [9.17, 15) is 0 Å². The van der Waals surface area contributed by atoms with Gasteiger partial charge >= 0.3 is 0 Å². The average molecular weight is 205 g/mol. The second-order valence-electron chi connectivity index (χ2n) is 2.11. The van der Waals surface area contributed by atoms with Crippen molar-refractivity contribution in [3.8, 4) is 0 Å². The number of nitrogens with two attached hydrogens (primary N) is 1. The standard InChI is InChI=1S/C7H6Cl2N2O/c8-5-2-1-4(3-6(5)9)7(10)11-12/h1-3,12H,(H2,10,11). The van der Waals surface area contributed by atoms with Crippen molar-refractivity contribution < 1.29 is 5.21 Å². The summed E-state index contributed by atoms with van der Waals surface area (Å²) in [4.78, 5) is 0. The van der Waals surface area contributed by atoms with Crippen molar-refractivity contribution in [1.82, 2.24) is 0 Å². The summed E-state index contributed by atoms with van der Waals surface area (Å²) in [6, 6.07) is 4.72. The number of amidine groups is 1. The summed E-state index contributed by atoms with van der Waals surface area (Å²) in [5, 5.41) is 12.0. The maximum absolute atomic E-state index is 8.34. The van der Waals surface area contributed by atoms with E-state index in [2.05, 4.69) is 5.16 Å². The minimum atomic E-state index is 0.00793. The van der Waals surface area contributed by atoms with Crippen molar-refractivity contribution in [2.75, 3.05) is 0 Å². The molecule has 0 saturated heterocycles. The fraction of sp³-hybridized carbons (Fsp3) is 0. The number of hydrogen-bond acceptors (Lipinski definition) is 2. The van der Waals surface area contributed by atoms with Gasteiger partial charge in [-0.05, 0) is 18.2 Å². The van der Waals surface area contributed by atoms with Gasteiger partial charge in [0.05, 0.1) is 10.0 Å². The predicted molar refractivity (Wildman–Crippen MR) is 49.0 cm³/mol. The van der Waals surface area contributed by atoms with E-state index in [1.165, 1.54) is 6.07 Å². The van der Waals surface area contributed by atoms with E-state index >= 15 is 0 Å². The monoisotopic (exact) mass is 204 g/mol. The summed E-state index contributed by atoms with van der Waals surface area (Å²) in [6.07, 6.45) is 0. The minimum absolute atomic E-state index is 0.00793. The molecule has 0 heterocycles.